The van der Waals surface area contributed by atoms with Crippen LogP contribution in [0, 0.1) is 11.8 Å². The smallest absolute Gasteiger partial charge is 0.151 e. The van der Waals surface area contributed by atoms with Crippen LogP contribution < -0.4 is 4.90 Å². The molecule has 0 unspecified atom stereocenters. The minimum Gasteiger partial charge on any atom is -0.355 e. The summed E-state index contributed by atoms with van der Waals surface area (Å²) in [6, 6.07) is 4.17. The summed E-state index contributed by atoms with van der Waals surface area (Å²) >= 11 is 1.64. The van der Waals surface area contributed by atoms with Crippen molar-refractivity contribution < 1.29 is 0 Å². The molecule has 0 aromatic carbocycles. The molecule has 3 nitrogen and oxygen atoms in total. The first-order chi connectivity index (χ1) is 9.19. The van der Waals surface area contributed by atoms with Crippen LogP contribution in [0.1, 0.15) is 39.5 Å². The number of aromatic nitrogens is 2. The van der Waals surface area contributed by atoms with Gasteiger partial charge < -0.3 is 4.90 Å². The highest BCUT2D eigenvalue weighted by molar-refractivity contribution is 7.98. The van der Waals surface area contributed by atoms with Crippen LogP contribution in [0.25, 0.3) is 0 Å². The van der Waals surface area contributed by atoms with Crippen LogP contribution in [0.15, 0.2) is 17.2 Å². The lowest BCUT2D eigenvalue weighted by Gasteiger charge is -2.32. The SMILES string of the molecule is CSc1ccc(N2CCC(CCC(C)C)CC2)nn1. The molecular formula is C15H25N3S. The normalized spacial score (nSPS) is 17.2. The fourth-order valence-electron chi connectivity index (χ4n) is 2.61. The third-order valence-electron chi connectivity index (χ3n) is 3.93. The maximum Gasteiger partial charge on any atom is 0.151 e. The molecule has 0 radical (unpaired) electrons. The van der Waals surface area contributed by atoms with Crippen molar-refractivity contribution in [2.24, 2.45) is 11.8 Å². The van der Waals surface area contributed by atoms with Gasteiger partial charge in [-0.15, -0.1) is 22.0 Å². The minimum absolute atomic E-state index is 0.836. The second-order valence-corrected chi connectivity index (χ2v) is 6.66. The van der Waals surface area contributed by atoms with Crippen molar-refractivity contribution in [3.8, 4) is 0 Å². The average Bonchev–Trinajstić information content (AvgIpc) is 2.46. The van der Waals surface area contributed by atoms with E-state index < -0.39 is 0 Å². The van der Waals surface area contributed by atoms with E-state index in [0.29, 0.717) is 0 Å². The van der Waals surface area contributed by atoms with Crippen LogP contribution >= 0.6 is 11.8 Å². The molecule has 1 fully saturated rings. The zero-order valence-corrected chi connectivity index (χ0v) is 13.1. The van der Waals surface area contributed by atoms with Crippen LogP contribution in [0.5, 0.6) is 0 Å². The van der Waals surface area contributed by atoms with Gasteiger partial charge in [-0.05, 0) is 43.1 Å². The van der Waals surface area contributed by atoms with Gasteiger partial charge in [-0.2, -0.15) is 0 Å². The van der Waals surface area contributed by atoms with Crippen molar-refractivity contribution >= 4 is 17.6 Å². The number of hydrogen-bond donors (Lipinski definition) is 0. The molecular weight excluding hydrogens is 254 g/mol. The molecule has 2 heterocycles. The van der Waals surface area contributed by atoms with Crippen LogP contribution in [0.4, 0.5) is 5.82 Å². The van der Waals surface area contributed by atoms with E-state index >= 15 is 0 Å². The molecule has 0 spiro atoms. The molecule has 1 aromatic rings. The predicted octanol–water partition coefficient (Wildman–Crippen LogP) is 3.85. The Kier molecular flexibility index (Phi) is 5.49. The van der Waals surface area contributed by atoms with E-state index in [1.807, 2.05) is 6.26 Å². The molecule has 0 atom stereocenters. The number of piperidine rings is 1. The van der Waals surface area contributed by atoms with Gasteiger partial charge in [0.2, 0.25) is 0 Å². The van der Waals surface area contributed by atoms with Gasteiger partial charge in [-0.25, -0.2) is 0 Å². The highest BCUT2D eigenvalue weighted by Crippen LogP contribution is 2.26. The van der Waals surface area contributed by atoms with Crippen molar-refractivity contribution in [1.29, 1.82) is 0 Å². The molecule has 19 heavy (non-hydrogen) atoms. The predicted molar refractivity (Wildman–Crippen MR) is 82.8 cm³/mol. The molecule has 0 aliphatic carbocycles. The number of thioether (sulfide) groups is 1. The molecule has 0 amide bonds. The molecule has 1 saturated heterocycles. The van der Waals surface area contributed by atoms with E-state index in [-0.39, 0.29) is 0 Å². The number of rotatable bonds is 5. The van der Waals surface area contributed by atoms with Gasteiger partial charge in [-0.1, -0.05) is 26.7 Å². The fraction of sp³-hybridized carbons (Fsp3) is 0.733. The second kappa shape index (κ2) is 7.13. The Morgan fingerprint density at radius 3 is 2.53 bits per heavy atom. The van der Waals surface area contributed by atoms with Crippen molar-refractivity contribution in [2.75, 3.05) is 24.2 Å². The van der Waals surface area contributed by atoms with Crippen molar-refractivity contribution in [3.05, 3.63) is 12.1 Å². The van der Waals surface area contributed by atoms with Crippen molar-refractivity contribution in [3.63, 3.8) is 0 Å². The fourth-order valence-corrected chi connectivity index (χ4v) is 2.94. The summed E-state index contributed by atoms with van der Waals surface area (Å²) in [7, 11) is 0. The second-order valence-electron chi connectivity index (χ2n) is 5.84. The summed E-state index contributed by atoms with van der Waals surface area (Å²) in [5.41, 5.74) is 0. The Hall–Kier alpha value is -0.770. The lowest BCUT2D eigenvalue weighted by atomic mass is 9.90. The lowest BCUT2D eigenvalue weighted by Crippen LogP contribution is -2.34. The van der Waals surface area contributed by atoms with Gasteiger partial charge in [0.15, 0.2) is 5.82 Å². The highest BCUT2D eigenvalue weighted by Gasteiger charge is 2.20. The molecule has 2 rings (SSSR count). The number of nitrogens with zero attached hydrogens (tertiary/aromatic N) is 3. The Bertz CT molecular complexity index is 369. The van der Waals surface area contributed by atoms with E-state index in [2.05, 4.69) is 41.1 Å². The van der Waals surface area contributed by atoms with Gasteiger partial charge in [0.1, 0.15) is 5.03 Å². The Morgan fingerprint density at radius 1 is 1.26 bits per heavy atom. The van der Waals surface area contributed by atoms with Crippen LogP contribution in [-0.2, 0) is 0 Å². The quantitative estimate of drug-likeness (QED) is 0.766. The van der Waals surface area contributed by atoms with Crippen LogP contribution in [-0.4, -0.2) is 29.5 Å². The first-order valence-corrected chi connectivity index (χ1v) is 8.54. The third-order valence-corrected chi connectivity index (χ3v) is 4.56. The van der Waals surface area contributed by atoms with E-state index in [9.17, 15) is 0 Å². The summed E-state index contributed by atoms with van der Waals surface area (Å²) in [5, 5.41) is 9.55. The molecule has 4 heteroatoms. The first kappa shape index (κ1) is 14.6. The van der Waals surface area contributed by atoms with Gasteiger partial charge in [0.25, 0.3) is 0 Å². The topological polar surface area (TPSA) is 29.0 Å². The van der Waals surface area contributed by atoms with Gasteiger partial charge >= 0.3 is 0 Å². The monoisotopic (exact) mass is 279 g/mol. The Labute approximate surface area is 121 Å². The molecule has 0 N–H and O–H groups in total. The third kappa shape index (κ3) is 4.37. The summed E-state index contributed by atoms with van der Waals surface area (Å²) in [5.74, 6) is 2.79. The van der Waals surface area contributed by atoms with Crippen LogP contribution in [0.2, 0.25) is 0 Å². The van der Waals surface area contributed by atoms with E-state index in [0.717, 1.165) is 35.8 Å². The average molecular weight is 279 g/mol. The molecule has 1 aliphatic rings. The summed E-state index contributed by atoms with van der Waals surface area (Å²) in [4.78, 5) is 2.38. The minimum atomic E-state index is 0.836. The molecule has 0 bridgehead atoms. The zero-order valence-electron chi connectivity index (χ0n) is 12.3. The highest BCUT2D eigenvalue weighted by atomic mass is 32.2. The van der Waals surface area contributed by atoms with Crippen molar-refractivity contribution in [2.45, 2.75) is 44.6 Å². The zero-order chi connectivity index (χ0) is 13.7. The Morgan fingerprint density at radius 2 is 2.00 bits per heavy atom. The van der Waals surface area contributed by atoms with Gasteiger partial charge in [-0.3, -0.25) is 0 Å². The standard InChI is InChI=1S/C15H25N3S/c1-12(2)4-5-13-8-10-18(11-9-13)14-6-7-15(19-3)17-16-14/h6-7,12-13H,4-5,8-11H2,1-3H3. The summed E-state index contributed by atoms with van der Waals surface area (Å²) in [6.45, 7) is 6.90. The maximum atomic E-state index is 4.33. The lowest BCUT2D eigenvalue weighted by molar-refractivity contribution is 0.350. The van der Waals surface area contributed by atoms with Gasteiger partial charge in [0, 0.05) is 13.1 Å². The van der Waals surface area contributed by atoms with E-state index in [1.54, 1.807) is 11.8 Å². The van der Waals surface area contributed by atoms with Crippen LogP contribution in [0.3, 0.4) is 0 Å². The largest absolute Gasteiger partial charge is 0.355 e. The number of hydrogen-bond acceptors (Lipinski definition) is 4. The molecule has 106 valence electrons. The summed E-state index contributed by atoms with van der Waals surface area (Å²) < 4.78 is 0. The van der Waals surface area contributed by atoms with E-state index in [4.69, 9.17) is 0 Å². The number of anilines is 1. The van der Waals surface area contributed by atoms with Gasteiger partial charge in [0.05, 0.1) is 0 Å². The molecule has 1 aliphatic heterocycles. The van der Waals surface area contributed by atoms with E-state index in [1.165, 1.54) is 25.7 Å². The summed E-state index contributed by atoms with van der Waals surface area (Å²) in [6.07, 6.45) is 7.40. The molecule has 1 aromatic heterocycles. The maximum absolute atomic E-state index is 4.33. The Balaban J connectivity index is 1.81. The first-order valence-electron chi connectivity index (χ1n) is 7.31. The molecule has 0 saturated carbocycles. The van der Waals surface area contributed by atoms with Crippen molar-refractivity contribution in [1.82, 2.24) is 10.2 Å².